The zero-order valence-electron chi connectivity index (χ0n) is 11.2. The van der Waals surface area contributed by atoms with Crippen molar-refractivity contribution in [3.63, 3.8) is 0 Å². The molecule has 0 spiro atoms. The fourth-order valence-corrected chi connectivity index (χ4v) is 0.770. The van der Waals surface area contributed by atoms with Gasteiger partial charge in [0.15, 0.2) is 0 Å². The molecule has 0 aliphatic heterocycles. The number of isocyanates is 2. The Hall–Kier alpha value is -2.84. The maximum atomic E-state index is 8.35. The summed E-state index contributed by atoms with van der Waals surface area (Å²) in [5.74, 6) is 0. The van der Waals surface area contributed by atoms with Crippen LogP contribution in [0.3, 0.4) is 0 Å². The van der Waals surface area contributed by atoms with Crippen molar-refractivity contribution in [3.05, 3.63) is 72.8 Å². The van der Waals surface area contributed by atoms with Gasteiger partial charge >= 0.3 is 0 Å². The molecule has 2 rings (SSSR count). The van der Waals surface area contributed by atoms with Crippen molar-refractivity contribution in [2.45, 2.75) is 0 Å². The Morgan fingerprint density at radius 3 is 0.650 bits per heavy atom. The van der Waals surface area contributed by atoms with E-state index in [1.165, 1.54) is 0 Å². The minimum Gasteiger partial charge on any atom is -0.400 e. The van der Waals surface area contributed by atoms with E-state index < -0.39 is 0 Å². The molecule has 0 saturated carbocycles. The van der Waals surface area contributed by atoms with Crippen LogP contribution in [0.25, 0.3) is 0 Å². The maximum absolute atomic E-state index is 8.35. The van der Waals surface area contributed by atoms with Gasteiger partial charge in [-0.3, -0.25) is 0 Å². The van der Waals surface area contributed by atoms with E-state index in [0.717, 1.165) is 19.3 Å². The van der Waals surface area contributed by atoms with E-state index in [0.29, 0.717) is 0 Å². The summed E-state index contributed by atoms with van der Waals surface area (Å²) in [6, 6.07) is 24.0. The zero-order chi connectivity index (χ0) is 15.9. The van der Waals surface area contributed by atoms with Gasteiger partial charge in [0, 0.05) is 7.11 Å². The lowest BCUT2D eigenvalue weighted by Crippen LogP contribution is -1.47. The number of hydrogen-bond acceptors (Lipinski definition) is 5. The van der Waals surface area contributed by atoms with E-state index in [-0.39, 0.29) is 0 Å². The van der Waals surface area contributed by atoms with Crippen LogP contribution in [0, 0.1) is 10.8 Å². The molecule has 2 aromatic rings. The fourth-order valence-electron chi connectivity index (χ4n) is 0.770. The number of benzene rings is 2. The van der Waals surface area contributed by atoms with E-state index in [1.807, 2.05) is 72.8 Å². The van der Waals surface area contributed by atoms with Gasteiger partial charge < -0.3 is 5.11 Å². The third-order valence-corrected chi connectivity index (χ3v) is 1.33. The molecule has 0 amide bonds. The highest BCUT2D eigenvalue weighted by Gasteiger charge is 1.58. The van der Waals surface area contributed by atoms with Crippen LogP contribution in [0.4, 0.5) is 0 Å². The second kappa shape index (κ2) is 29.8. The van der Waals surface area contributed by atoms with Gasteiger partial charge in [-0.25, -0.2) is 20.4 Å². The maximum Gasteiger partial charge on any atom is 0.231 e. The van der Waals surface area contributed by atoms with Gasteiger partial charge in [-0.1, -0.05) is 72.8 Å². The molecule has 0 heterocycles. The average Bonchev–Trinajstić information content (AvgIpc) is 2.55. The topological polar surface area (TPSA) is 102 Å². The Morgan fingerprint density at radius 1 is 0.550 bits per heavy atom. The summed E-state index contributed by atoms with van der Waals surface area (Å²) in [6.45, 7) is 0. The number of aliphatic hydroxyl groups is 1. The van der Waals surface area contributed by atoms with Crippen LogP contribution < -0.4 is 0 Å². The molecule has 106 valence electrons. The van der Waals surface area contributed by atoms with Crippen molar-refractivity contribution in [2.75, 3.05) is 7.11 Å². The molecule has 0 radical (unpaired) electrons. The molecule has 0 bridgehead atoms. The van der Waals surface area contributed by atoms with Crippen LogP contribution in [0.1, 0.15) is 0 Å². The first-order chi connectivity index (χ1) is 9.83. The van der Waals surface area contributed by atoms with Crippen molar-refractivity contribution < 1.29 is 14.7 Å². The number of carbonyl (C=O) groups excluding carboxylic acids is 2. The van der Waals surface area contributed by atoms with E-state index >= 15 is 0 Å². The van der Waals surface area contributed by atoms with E-state index in [4.69, 9.17) is 25.5 Å². The molecule has 0 aliphatic carbocycles. The SMILES string of the molecule is CO.N=C=O.N=C=O.c1ccccc1.c1ccccc1. The minimum absolute atomic E-state index is 0.750. The fraction of sp³-hybridized carbons (Fsp3) is 0.0667. The highest BCUT2D eigenvalue weighted by molar-refractivity contribution is 5.26. The average molecular weight is 274 g/mol. The van der Waals surface area contributed by atoms with Gasteiger partial charge in [0.2, 0.25) is 12.2 Å². The molecule has 3 N–H and O–H groups in total. The molecule has 5 nitrogen and oxygen atoms in total. The smallest absolute Gasteiger partial charge is 0.231 e. The van der Waals surface area contributed by atoms with E-state index in [9.17, 15) is 0 Å². The van der Waals surface area contributed by atoms with Crippen molar-refractivity contribution in [1.29, 1.82) is 10.8 Å². The summed E-state index contributed by atoms with van der Waals surface area (Å²) in [7, 11) is 1.00. The second-order valence-electron chi connectivity index (χ2n) is 2.51. The summed E-state index contributed by atoms with van der Waals surface area (Å²) >= 11 is 0. The van der Waals surface area contributed by atoms with Gasteiger partial charge in [-0.15, -0.1) is 0 Å². The first-order valence-electron chi connectivity index (χ1n) is 5.36. The van der Waals surface area contributed by atoms with Crippen LogP contribution in [0.2, 0.25) is 0 Å². The third-order valence-electron chi connectivity index (χ3n) is 1.33. The van der Waals surface area contributed by atoms with E-state index in [2.05, 4.69) is 0 Å². The quantitative estimate of drug-likeness (QED) is 0.508. The predicted octanol–water partition coefficient (Wildman–Crippen LogP) is 2.78. The van der Waals surface area contributed by atoms with Crippen LogP contribution in [0.5, 0.6) is 0 Å². The highest BCUT2D eigenvalue weighted by Crippen LogP contribution is 1.80. The Bertz CT molecular complexity index is 324. The molecular formula is C15H18N2O3. The molecule has 0 aromatic heterocycles. The number of rotatable bonds is 0. The molecule has 20 heavy (non-hydrogen) atoms. The molecule has 0 atom stereocenters. The Morgan fingerprint density at radius 2 is 0.600 bits per heavy atom. The summed E-state index contributed by atoms with van der Waals surface area (Å²) in [5, 5.41) is 17.8. The molecule has 0 unspecified atom stereocenters. The first kappa shape index (κ1) is 22.3. The lowest BCUT2D eigenvalue weighted by Gasteiger charge is -1.69. The van der Waals surface area contributed by atoms with Crippen LogP contribution in [0.15, 0.2) is 72.8 Å². The normalized spacial score (nSPS) is 5.90. The van der Waals surface area contributed by atoms with Gasteiger partial charge in [0.1, 0.15) is 0 Å². The van der Waals surface area contributed by atoms with Crippen molar-refractivity contribution in [2.24, 2.45) is 0 Å². The van der Waals surface area contributed by atoms with E-state index in [1.54, 1.807) is 0 Å². The first-order valence-corrected chi connectivity index (χ1v) is 5.36. The van der Waals surface area contributed by atoms with Gasteiger partial charge in [-0.05, 0) is 0 Å². The van der Waals surface area contributed by atoms with Gasteiger partial charge in [0.05, 0.1) is 0 Å². The van der Waals surface area contributed by atoms with Gasteiger partial charge in [0.25, 0.3) is 0 Å². The number of aliphatic hydroxyl groups excluding tert-OH is 1. The van der Waals surface area contributed by atoms with Crippen LogP contribution >= 0.6 is 0 Å². The van der Waals surface area contributed by atoms with Crippen LogP contribution in [-0.4, -0.2) is 24.4 Å². The molecule has 2 aromatic carbocycles. The standard InChI is InChI=1S/2C6H6.2CHNO.CH4O/c2*1-2-4-6-5-3-1;2*2-1-3;1-2/h2*1-6H;2*2H;2H,1H3. The number of hydrogen-bond donors (Lipinski definition) is 3. The molecule has 0 fully saturated rings. The van der Waals surface area contributed by atoms with Crippen LogP contribution in [-0.2, 0) is 9.59 Å². The molecule has 5 heteroatoms. The molecule has 0 saturated heterocycles. The Kier molecular flexibility index (Phi) is 33.3. The lowest BCUT2D eigenvalue weighted by molar-refractivity contribution is 0.399. The summed E-state index contributed by atoms with van der Waals surface area (Å²) < 4.78 is 0. The van der Waals surface area contributed by atoms with Crippen molar-refractivity contribution in [3.8, 4) is 0 Å². The second-order valence-corrected chi connectivity index (χ2v) is 2.51. The number of nitrogens with one attached hydrogen (secondary N) is 2. The Balaban J connectivity index is -0.000000195. The predicted molar refractivity (Wildman–Crippen MR) is 77.9 cm³/mol. The molecular weight excluding hydrogens is 256 g/mol. The monoisotopic (exact) mass is 274 g/mol. The summed E-state index contributed by atoms with van der Waals surface area (Å²) in [5.41, 5.74) is 0. The Labute approximate surface area is 118 Å². The lowest BCUT2D eigenvalue weighted by atomic mass is 10.4. The summed E-state index contributed by atoms with van der Waals surface area (Å²) in [4.78, 5) is 16.7. The van der Waals surface area contributed by atoms with Gasteiger partial charge in [-0.2, -0.15) is 0 Å². The summed E-state index contributed by atoms with van der Waals surface area (Å²) in [6.07, 6.45) is 1.50. The molecule has 0 aliphatic rings. The highest BCUT2D eigenvalue weighted by atomic mass is 16.2. The van der Waals surface area contributed by atoms with Crippen molar-refractivity contribution >= 4 is 12.2 Å². The largest absolute Gasteiger partial charge is 0.400 e. The zero-order valence-corrected chi connectivity index (χ0v) is 11.2. The third kappa shape index (κ3) is 36.2. The minimum atomic E-state index is 0.750. The van der Waals surface area contributed by atoms with Crippen molar-refractivity contribution in [1.82, 2.24) is 0 Å².